The first-order chi connectivity index (χ1) is 12.5. The second-order valence-electron chi connectivity index (χ2n) is 6.35. The Bertz CT molecular complexity index is 899. The molecule has 6 nitrogen and oxygen atoms in total. The number of halogens is 1. The molecule has 0 radical (unpaired) electrons. The van der Waals surface area contributed by atoms with Crippen molar-refractivity contribution in [2.24, 2.45) is 0 Å². The number of aromatic hydroxyl groups is 1. The Hall–Kier alpha value is -2.61. The van der Waals surface area contributed by atoms with Gasteiger partial charge in [0.15, 0.2) is 5.82 Å². The zero-order chi connectivity index (χ0) is 18.3. The maximum absolute atomic E-state index is 15.2. The van der Waals surface area contributed by atoms with Crippen molar-refractivity contribution in [3.05, 3.63) is 42.2 Å². The van der Waals surface area contributed by atoms with Crippen molar-refractivity contribution in [3.63, 3.8) is 0 Å². The van der Waals surface area contributed by atoms with E-state index in [-0.39, 0.29) is 23.5 Å². The van der Waals surface area contributed by atoms with E-state index in [4.69, 9.17) is 0 Å². The van der Waals surface area contributed by atoms with Crippen LogP contribution in [0, 0.1) is 5.82 Å². The van der Waals surface area contributed by atoms with Gasteiger partial charge in [-0.15, -0.1) is 0 Å². The second kappa shape index (κ2) is 6.60. The van der Waals surface area contributed by atoms with Gasteiger partial charge in [0.1, 0.15) is 18.0 Å². The molecule has 2 fully saturated rings. The monoisotopic (exact) mass is 375 g/mol. The number of phenolic OH excluding ortho intramolecular Hbond substituents is 1. The highest BCUT2D eigenvalue weighted by Crippen LogP contribution is 2.39. The molecule has 0 aromatic heterocycles. The zero-order valence-corrected chi connectivity index (χ0v) is 14.8. The minimum Gasteiger partial charge on any atom is -0.506 e. The number of carbonyl (C=O) groups is 1. The lowest BCUT2D eigenvalue weighted by Gasteiger charge is -2.20. The summed E-state index contributed by atoms with van der Waals surface area (Å²) in [7, 11) is 0. The Morgan fingerprint density at radius 2 is 1.92 bits per heavy atom. The van der Waals surface area contributed by atoms with E-state index in [9.17, 15) is 14.1 Å². The summed E-state index contributed by atoms with van der Waals surface area (Å²) in [5.74, 6) is -1.54. The fourth-order valence-corrected chi connectivity index (χ4v) is 4.34. The summed E-state index contributed by atoms with van der Waals surface area (Å²) in [6.45, 7) is 1.69. The minimum absolute atomic E-state index is 0.231. The predicted octanol–water partition coefficient (Wildman–Crippen LogP) is 2.31. The summed E-state index contributed by atoms with van der Waals surface area (Å²) < 4.78 is 30.4. The van der Waals surface area contributed by atoms with Gasteiger partial charge in [-0.25, -0.2) is 8.60 Å². The smallest absolute Gasteiger partial charge is 0.253 e. The van der Waals surface area contributed by atoms with Crippen LogP contribution in [0.5, 0.6) is 5.75 Å². The van der Waals surface area contributed by atoms with E-state index in [0.29, 0.717) is 5.56 Å². The first-order valence-corrected chi connectivity index (χ1v) is 9.51. The summed E-state index contributed by atoms with van der Waals surface area (Å²) >= 11 is -1.91. The van der Waals surface area contributed by atoms with Crippen molar-refractivity contribution < 1.29 is 18.5 Å². The highest BCUT2D eigenvalue weighted by molar-refractivity contribution is 7.85. The van der Waals surface area contributed by atoms with Crippen LogP contribution in [0.25, 0.3) is 11.1 Å². The molecule has 2 aliphatic rings. The van der Waals surface area contributed by atoms with Crippen molar-refractivity contribution in [2.75, 3.05) is 28.8 Å². The molecule has 2 aromatic rings. The van der Waals surface area contributed by atoms with Crippen LogP contribution in [0.1, 0.15) is 12.8 Å². The van der Waals surface area contributed by atoms with Crippen LogP contribution in [0.4, 0.5) is 15.8 Å². The van der Waals surface area contributed by atoms with E-state index in [2.05, 4.69) is 9.62 Å². The molecule has 0 bridgehead atoms. The molecular formula is C18H18FN3O3S. The van der Waals surface area contributed by atoms with Crippen molar-refractivity contribution in [1.82, 2.24) is 4.72 Å². The van der Waals surface area contributed by atoms with Crippen molar-refractivity contribution in [2.45, 2.75) is 12.8 Å². The number of carbonyl (C=O) groups excluding carboxylic acids is 1. The number of benzene rings is 2. The molecule has 0 saturated carbocycles. The van der Waals surface area contributed by atoms with Gasteiger partial charge in [-0.1, -0.05) is 12.1 Å². The van der Waals surface area contributed by atoms with Gasteiger partial charge in [0.2, 0.25) is 11.2 Å². The number of nitrogens with zero attached hydrogens (tertiary/aromatic N) is 2. The molecule has 2 heterocycles. The molecule has 2 aromatic carbocycles. The number of nitrogens with one attached hydrogen (secondary N) is 1. The molecular weight excluding hydrogens is 357 g/mol. The van der Waals surface area contributed by atoms with Gasteiger partial charge in [0.25, 0.3) is 5.91 Å². The Balaban J connectivity index is 1.76. The number of phenols is 1. The number of hydrogen-bond acceptors (Lipinski definition) is 4. The number of anilines is 2. The fraction of sp³-hybridized carbons (Fsp3) is 0.278. The third kappa shape index (κ3) is 2.90. The van der Waals surface area contributed by atoms with Crippen molar-refractivity contribution in [3.8, 4) is 16.9 Å². The van der Waals surface area contributed by atoms with E-state index < -0.39 is 22.9 Å². The summed E-state index contributed by atoms with van der Waals surface area (Å²) in [5, 5.41) is 10.1. The van der Waals surface area contributed by atoms with Crippen LogP contribution < -0.4 is 13.9 Å². The van der Waals surface area contributed by atoms with Gasteiger partial charge < -0.3 is 10.0 Å². The van der Waals surface area contributed by atoms with Crippen LogP contribution in [-0.4, -0.2) is 34.9 Å². The highest BCUT2D eigenvalue weighted by atomic mass is 32.2. The van der Waals surface area contributed by atoms with Crippen LogP contribution in [0.15, 0.2) is 36.4 Å². The summed E-state index contributed by atoms with van der Waals surface area (Å²) in [6.07, 6.45) is 2.29. The lowest BCUT2D eigenvalue weighted by Crippen LogP contribution is -2.23. The van der Waals surface area contributed by atoms with Crippen LogP contribution >= 0.6 is 0 Å². The van der Waals surface area contributed by atoms with E-state index in [1.54, 1.807) is 6.07 Å². The maximum atomic E-state index is 15.2. The van der Waals surface area contributed by atoms with Crippen molar-refractivity contribution in [1.29, 1.82) is 0 Å². The van der Waals surface area contributed by atoms with Gasteiger partial charge in [0.05, 0.1) is 0 Å². The lowest BCUT2D eigenvalue weighted by molar-refractivity contribution is -0.117. The second-order valence-corrected chi connectivity index (χ2v) is 7.49. The lowest BCUT2D eigenvalue weighted by atomic mass is 10.0. The molecule has 2 N–H and O–H groups in total. The molecule has 136 valence electrons. The van der Waals surface area contributed by atoms with E-state index in [1.165, 1.54) is 12.1 Å². The Kier molecular flexibility index (Phi) is 4.28. The molecule has 1 amide bonds. The third-order valence-corrected chi connectivity index (χ3v) is 5.78. The standard InChI is InChI=1S/C18H18FN3O3S/c19-17-14(12-4-3-5-13(10-12)21-8-1-2-9-21)6-7-15(23)18(17)22-11-16(24)20-26(22)25/h3-7,10,23H,1-2,8-9,11H2,(H,20,24). The largest absolute Gasteiger partial charge is 0.506 e. The molecule has 0 spiro atoms. The average Bonchev–Trinajstić information content (AvgIpc) is 3.25. The molecule has 8 heteroatoms. The number of hydrogen-bond donors (Lipinski definition) is 2. The quantitative estimate of drug-likeness (QED) is 0.864. The zero-order valence-electron chi connectivity index (χ0n) is 13.9. The summed E-state index contributed by atoms with van der Waals surface area (Å²) in [5.41, 5.74) is 1.74. The predicted molar refractivity (Wildman–Crippen MR) is 98.6 cm³/mol. The molecule has 2 saturated heterocycles. The van der Waals surface area contributed by atoms with Gasteiger partial charge in [-0.2, -0.15) is 0 Å². The van der Waals surface area contributed by atoms with Gasteiger partial charge >= 0.3 is 0 Å². The highest BCUT2D eigenvalue weighted by Gasteiger charge is 2.32. The van der Waals surface area contributed by atoms with E-state index in [1.807, 2.05) is 18.2 Å². The van der Waals surface area contributed by atoms with Gasteiger partial charge in [-0.05, 0) is 42.7 Å². The molecule has 1 unspecified atom stereocenters. The van der Waals surface area contributed by atoms with Crippen molar-refractivity contribution >= 4 is 28.5 Å². The van der Waals surface area contributed by atoms with Gasteiger partial charge in [-0.3, -0.25) is 13.8 Å². The number of rotatable bonds is 3. The molecule has 0 aliphatic carbocycles. The first-order valence-electron chi connectivity index (χ1n) is 8.40. The van der Waals surface area contributed by atoms with Crippen LogP contribution in [0.3, 0.4) is 0 Å². The molecule has 26 heavy (non-hydrogen) atoms. The first kappa shape index (κ1) is 16.8. The van der Waals surface area contributed by atoms with Crippen LogP contribution in [0.2, 0.25) is 0 Å². The SMILES string of the molecule is O=C1CN(c2c(O)ccc(-c3cccc(N4CCCC4)c3)c2F)S(=O)N1. The fourth-order valence-electron chi connectivity index (χ4n) is 3.40. The third-order valence-electron chi connectivity index (χ3n) is 4.66. The Morgan fingerprint density at radius 1 is 1.15 bits per heavy atom. The Morgan fingerprint density at radius 3 is 2.62 bits per heavy atom. The minimum atomic E-state index is -1.91. The molecule has 2 aliphatic heterocycles. The van der Waals surface area contributed by atoms with Gasteiger partial charge in [0, 0.05) is 24.3 Å². The molecule has 1 atom stereocenters. The van der Waals surface area contributed by atoms with E-state index >= 15 is 4.39 Å². The van der Waals surface area contributed by atoms with E-state index in [0.717, 1.165) is 35.9 Å². The summed E-state index contributed by atoms with van der Waals surface area (Å²) in [6, 6.07) is 10.4. The topological polar surface area (TPSA) is 72.9 Å². The number of amides is 1. The maximum Gasteiger partial charge on any atom is 0.253 e. The normalized spacial score (nSPS) is 19.9. The average molecular weight is 375 g/mol. The Labute approximate surface area is 153 Å². The van der Waals surface area contributed by atoms with Crippen LogP contribution in [-0.2, 0) is 16.0 Å². The summed E-state index contributed by atoms with van der Waals surface area (Å²) in [4.78, 5) is 13.7. The molecule has 4 rings (SSSR count).